The molecule has 0 bridgehead atoms. The van der Waals surface area contributed by atoms with Crippen LogP contribution in [0.5, 0.6) is 0 Å². The van der Waals surface area contributed by atoms with Crippen molar-refractivity contribution in [1.29, 1.82) is 0 Å². The van der Waals surface area contributed by atoms with Crippen molar-refractivity contribution in [1.82, 2.24) is 0 Å². The van der Waals surface area contributed by atoms with Gasteiger partial charge in [0, 0.05) is 5.92 Å². The van der Waals surface area contributed by atoms with E-state index in [0.29, 0.717) is 17.8 Å². The molecular weight excluding hydrogens is 151 g/mol. The Balaban J connectivity index is 0.000001000. The van der Waals surface area contributed by atoms with E-state index in [-0.39, 0.29) is 41.3 Å². The smallest absolute Gasteiger partial charge is 0.878 e. The molecule has 3 heteroatoms. The molecule has 56 valence electrons. The number of allylic oxidation sites excluding steroid dienone is 1. The maximum Gasteiger partial charge on any atom is 1.00 e. The largest absolute Gasteiger partial charge is 1.00 e. The van der Waals surface area contributed by atoms with Crippen molar-refractivity contribution in [2.45, 2.75) is 20.3 Å². The summed E-state index contributed by atoms with van der Waals surface area (Å²) in [4.78, 5) is 11.1. The van der Waals surface area contributed by atoms with Crippen LogP contribution in [0.1, 0.15) is 20.3 Å². The summed E-state index contributed by atoms with van der Waals surface area (Å²) >= 11 is 0. The predicted molar refractivity (Wildman–Crippen MR) is 36.0 cm³/mol. The molecule has 1 fully saturated rings. The van der Waals surface area contributed by atoms with Gasteiger partial charge in [0.15, 0.2) is 5.78 Å². The van der Waals surface area contributed by atoms with E-state index in [1.807, 2.05) is 6.92 Å². The molecule has 2 atom stereocenters. The molecule has 0 aromatic carbocycles. The first-order valence-electron chi connectivity index (χ1n) is 3.49. The fourth-order valence-electron chi connectivity index (χ4n) is 1.04. The van der Waals surface area contributed by atoms with Gasteiger partial charge in [-0.05, 0) is 24.8 Å². The van der Waals surface area contributed by atoms with Gasteiger partial charge in [0.2, 0.25) is 0 Å². The summed E-state index contributed by atoms with van der Waals surface area (Å²) in [6.45, 7) is 3.61. The van der Waals surface area contributed by atoms with Crippen LogP contribution < -0.4 is 34.7 Å². The number of hydrogen-bond acceptors (Lipinski definition) is 2. The molecule has 2 unspecified atom stereocenters. The zero-order valence-electron chi connectivity index (χ0n) is 7.26. The fraction of sp³-hybridized carbons (Fsp3) is 0.625. The van der Waals surface area contributed by atoms with Crippen molar-refractivity contribution in [2.75, 3.05) is 0 Å². The molecular formula is C8H11NaO2. The first-order valence-corrected chi connectivity index (χ1v) is 3.49. The van der Waals surface area contributed by atoms with Gasteiger partial charge in [0.1, 0.15) is 0 Å². The van der Waals surface area contributed by atoms with Crippen molar-refractivity contribution in [2.24, 2.45) is 11.8 Å². The van der Waals surface area contributed by atoms with Crippen molar-refractivity contribution >= 4 is 5.78 Å². The molecule has 1 rings (SSSR count). The van der Waals surface area contributed by atoms with Crippen LogP contribution in [-0.2, 0) is 4.79 Å². The summed E-state index contributed by atoms with van der Waals surface area (Å²) in [5, 5.41) is 10.1. The quantitative estimate of drug-likeness (QED) is 0.255. The Bertz CT molecular complexity index is 187. The van der Waals surface area contributed by atoms with Crippen LogP contribution in [0.4, 0.5) is 0 Å². The topological polar surface area (TPSA) is 40.1 Å². The van der Waals surface area contributed by atoms with Crippen molar-refractivity contribution in [3.8, 4) is 0 Å². The molecule has 0 N–H and O–H groups in total. The van der Waals surface area contributed by atoms with Crippen LogP contribution >= 0.6 is 0 Å². The molecule has 1 aliphatic rings. The standard InChI is InChI=1S/C8H12O2.Na/c1-5-3-7(5)8(10)6(2)4-9;/h4-5,7,9H,3H2,1-2H3;/q;+1/p-1/b6-4+;. The predicted octanol–water partition coefficient (Wildman–Crippen LogP) is -2.52. The van der Waals surface area contributed by atoms with E-state index in [4.69, 9.17) is 0 Å². The molecule has 1 aliphatic carbocycles. The zero-order chi connectivity index (χ0) is 7.72. The Labute approximate surface area is 89.0 Å². The molecule has 0 aromatic heterocycles. The second-order valence-electron chi connectivity index (χ2n) is 2.98. The average molecular weight is 162 g/mol. The fourth-order valence-corrected chi connectivity index (χ4v) is 1.04. The van der Waals surface area contributed by atoms with Crippen LogP contribution in [0, 0.1) is 11.8 Å². The number of hydrogen-bond donors (Lipinski definition) is 0. The van der Waals surface area contributed by atoms with Crippen LogP contribution in [0.3, 0.4) is 0 Å². The summed E-state index contributed by atoms with van der Waals surface area (Å²) < 4.78 is 0. The third kappa shape index (κ3) is 2.62. The molecule has 0 saturated heterocycles. The van der Waals surface area contributed by atoms with Crippen molar-refractivity contribution < 1.29 is 39.5 Å². The van der Waals surface area contributed by atoms with E-state index in [0.717, 1.165) is 6.42 Å². The maximum atomic E-state index is 11.1. The van der Waals surface area contributed by atoms with E-state index < -0.39 is 0 Å². The van der Waals surface area contributed by atoms with Gasteiger partial charge >= 0.3 is 29.6 Å². The van der Waals surface area contributed by atoms with Gasteiger partial charge in [-0.15, -0.1) is 6.26 Å². The average Bonchev–Trinajstić information content (AvgIpc) is 2.63. The molecule has 0 aromatic rings. The van der Waals surface area contributed by atoms with Gasteiger partial charge in [-0.3, -0.25) is 4.79 Å². The van der Waals surface area contributed by atoms with Gasteiger partial charge in [-0.25, -0.2) is 0 Å². The summed E-state index contributed by atoms with van der Waals surface area (Å²) in [5.41, 5.74) is 0.370. The SMILES string of the molecule is C/C(=C\[O-])C(=O)C1CC1C.[Na+]. The van der Waals surface area contributed by atoms with E-state index in [1.54, 1.807) is 6.92 Å². The van der Waals surface area contributed by atoms with E-state index >= 15 is 0 Å². The zero-order valence-corrected chi connectivity index (χ0v) is 9.26. The van der Waals surface area contributed by atoms with Crippen LogP contribution in [0.2, 0.25) is 0 Å². The van der Waals surface area contributed by atoms with E-state index in [9.17, 15) is 9.90 Å². The van der Waals surface area contributed by atoms with Crippen molar-refractivity contribution in [3.05, 3.63) is 11.8 Å². The molecule has 0 amide bonds. The second-order valence-corrected chi connectivity index (χ2v) is 2.98. The minimum absolute atomic E-state index is 0. The Morgan fingerprint density at radius 2 is 2.09 bits per heavy atom. The summed E-state index contributed by atoms with van der Waals surface area (Å²) in [5.74, 6) is 0.704. The molecule has 0 aliphatic heterocycles. The number of rotatable bonds is 2. The van der Waals surface area contributed by atoms with Gasteiger partial charge in [-0.2, -0.15) is 0 Å². The van der Waals surface area contributed by atoms with Crippen molar-refractivity contribution in [3.63, 3.8) is 0 Å². The third-order valence-corrected chi connectivity index (χ3v) is 2.01. The number of carbonyl (C=O) groups is 1. The Kier molecular flexibility index (Phi) is 4.37. The monoisotopic (exact) mass is 162 g/mol. The number of carbonyl (C=O) groups excluding carboxylic acids is 1. The molecule has 0 spiro atoms. The third-order valence-electron chi connectivity index (χ3n) is 2.01. The molecule has 0 heterocycles. The minimum atomic E-state index is 0. The molecule has 1 saturated carbocycles. The van der Waals surface area contributed by atoms with Crippen LogP contribution in [0.25, 0.3) is 0 Å². The van der Waals surface area contributed by atoms with E-state index in [2.05, 4.69) is 0 Å². The van der Waals surface area contributed by atoms with Crippen LogP contribution in [-0.4, -0.2) is 5.78 Å². The maximum absolute atomic E-state index is 11.1. The Morgan fingerprint density at radius 1 is 1.64 bits per heavy atom. The molecule has 2 nitrogen and oxygen atoms in total. The normalized spacial score (nSPS) is 29.1. The van der Waals surface area contributed by atoms with Crippen LogP contribution in [0.15, 0.2) is 11.8 Å². The summed E-state index contributed by atoms with van der Waals surface area (Å²) in [6.07, 6.45) is 1.61. The molecule has 11 heavy (non-hydrogen) atoms. The number of ketones is 1. The van der Waals surface area contributed by atoms with E-state index in [1.165, 1.54) is 0 Å². The van der Waals surface area contributed by atoms with Gasteiger partial charge in [0.05, 0.1) is 0 Å². The minimum Gasteiger partial charge on any atom is -0.878 e. The molecule has 0 radical (unpaired) electrons. The second kappa shape index (κ2) is 4.29. The Morgan fingerprint density at radius 3 is 2.36 bits per heavy atom. The number of Topliss-reactive ketones (excluding diaryl/α,β-unsaturated/α-hetero) is 1. The first kappa shape index (κ1) is 11.2. The first-order chi connectivity index (χ1) is 4.66. The van der Waals surface area contributed by atoms with Gasteiger partial charge in [-0.1, -0.05) is 6.92 Å². The van der Waals surface area contributed by atoms with Gasteiger partial charge < -0.3 is 5.11 Å². The van der Waals surface area contributed by atoms with Gasteiger partial charge in [0.25, 0.3) is 0 Å². The summed E-state index contributed by atoms with van der Waals surface area (Å²) in [7, 11) is 0. The Hall–Kier alpha value is 0.210. The summed E-state index contributed by atoms with van der Waals surface area (Å²) in [6, 6.07) is 0.